The van der Waals surface area contributed by atoms with Gasteiger partial charge in [0.2, 0.25) is 0 Å². The first-order chi connectivity index (χ1) is 11.5. The Morgan fingerprint density at radius 3 is 2.19 bits per heavy atom. The van der Waals surface area contributed by atoms with Gasteiger partial charge in [0.25, 0.3) is 6.92 Å². The second-order valence-electron chi connectivity index (χ2n) is 6.32. The number of fused-ring (bicyclic) bond motifs is 1. The first kappa shape index (κ1) is 24.8. The normalized spacial score (nSPS) is 9.62. The Kier molecular flexibility index (Phi) is 11.7. The Labute approximate surface area is 177 Å². The van der Waals surface area contributed by atoms with Crippen molar-refractivity contribution in [3.05, 3.63) is 66.1 Å². The number of hydrogen-bond acceptors (Lipinski definition) is 2. The molecule has 0 saturated heterocycles. The molecule has 0 amide bonds. The minimum absolute atomic E-state index is 0. The van der Waals surface area contributed by atoms with Crippen LogP contribution in [0.3, 0.4) is 0 Å². The average molecular weight is 439 g/mol. The van der Waals surface area contributed by atoms with Gasteiger partial charge in [0, 0.05) is 33.6 Å². The summed E-state index contributed by atoms with van der Waals surface area (Å²) in [6.45, 7) is 7.92. The van der Waals surface area contributed by atoms with Crippen molar-refractivity contribution in [2.75, 3.05) is 0 Å². The van der Waals surface area contributed by atoms with Gasteiger partial charge in [-0.15, -0.1) is 5.52 Å². The summed E-state index contributed by atoms with van der Waals surface area (Å²) in [6.07, 6.45) is 0. The third kappa shape index (κ3) is 7.59. The zero-order chi connectivity index (χ0) is 17.5. The molecule has 1 N–H and O–H groups in total. The molecule has 0 saturated carbocycles. The van der Waals surface area contributed by atoms with Crippen molar-refractivity contribution in [3.63, 3.8) is 0 Å². The summed E-state index contributed by atoms with van der Waals surface area (Å²) in [5.74, 6) is 2.21. The number of benzene rings is 2. The third-order valence-corrected chi connectivity index (χ3v) is 3.25. The van der Waals surface area contributed by atoms with Gasteiger partial charge in [-0.05, 0) is 17.0 Å². The molecule has 144 valence electrons. The van der Waals surface area contributed by atoms with Crippen molar-refractivity contribution >= 4 is 23.4 Å². The summed E-state index contributed by atoms with van der Waals surface area (Å²) in [7, 11) is 0. The topological polar surface area (TPSA) is 43.6 Å². The summed E-state index contributed by atoms with van der Waals surface area (Å²) in [5, 5.41) is 10.6. The van der Waals surface area contributed by atoms with E-state index in [1.807, 2.05) is 54.6 Å². The van der Waals surface area contributed by atoms with Crippen LogP contribution in [0.15, 0.2) is 54.6 Å². The molecule has 0 bridgehead atoms. The molecule has 2 radical (unpaired) electrons. The maximum atomic E-state index is 9.62. The molecule has 0 aliphatic carbocycles. The fourth-order valence-corrected chi connectivity index (χ4v) is 2.17. The Hall–Kier alpha value is -1.18. The van der Waals surface area contributed by atoms with Crippen molar-refractivity contribution in [1.82, 2.24) is 4.98 Å². The van der Waals surface area contributed by atoms with Crippen LogP contribution in [0.4, 0.5) is 0 Å². The first-order valence-electron chi connectivity index (χ1n) is 8.15. The molecule has 1 aromatic heterocycles. The second-order valence-corrected chi connectivity index (χ2v) is 6.32. The molecule has 0 spiro atoms. The molecule has 0 unspecified atom stereocenters. The number of ether oxygens (including phenoxy) is 1. The Bertz CT molecular complexity index is 758. The Morgan fingerprint density at radius 2 is 1.62 bits per heavy atom. The summed E-state index contributed by atoms with van der Waals surface area (Å²) >= 11 is 0. The van der Waals surface area contributed by atoms with E-state index in [4.69, 9.17) is 4.74 Å². The molecule has 26 heavy (non-hydrogen) atoms. The molecule has 0 aliphatic rings. The van der Waals surface area contributed by atoms with Crippen molar-refractivity contribution in [1.29, 1.82) is 0 Å². The molecule has 0 aliphatic heterocycles. The van der Waals surface area contributed by atoms with Gasteiger partial charge in [0.1, 0.15) is 12.4 Å². The van der Waals surface area contributed by atoms with Crippen LogP contribution in [0, 0.1) is 5.92 Å². The quantitative estimate of drug-likeness (QED) is 0.497. The van der Waals surface area contributed by atoms with Gasteiger partial charge < -0.3 is 20.7 Å². The summed E-state index contributed by atoms with van der Waals surface area (Å²) in [4.78, 5) is 4.40. The molecular weight excluding hydrogens is 415 g/mol. The summed E-state index contributed by atoms with van der Waals surface area (Å²) < 4.78 is 5.88. The van der Waals surface area contributed by atoms with E-state index in [0.29, 0.717) is 12.2 Å². The van der Waals surface area contributed by atoms with Crippen LogP contribution in [0.25, 0.3) is 10.9 Å². The molecule has 2 aromatic carbocycles. The van der Waals surface area contributed by atoms with Crippen LogP contribution < -0.4 is 15.3 Å². The van der Waals surface area contributed by atoms with E-state index in [-0.39, 0.29) is 33.6 Å². The van der Waals surface area contributed by atoms with Gasteiger partial charge in [-0.25, -0.2) is 0 Å². The molecule has 3 rings (SSSR count). The zero-order valence-electron chi connectivity index (χ0n) is 15.4. The third-order valence-electron chi connectivity index (χ3n) is 3.25. The first-order valence-corrected chi connectivity index (χ1v) is 8.15. The Morgan fingerprint density at radius 1 is 1.00 bits per heavy atom. The molecule has 0 fully saturated rings. The van der Waals surface area contributed by atoms with E-state index in [0.717, 1.165) is 22.2 Å². The largest absolute Gasteiger partial charge is 0.666 e. The van der Waals surface area contributed by atoms with Gasteiger partial charge in [0.05, 0.1) is 0 Å². The van der Waals surface area contributed by atoms with E-state index in [9.17, 15) is 5.02 Å². The smallest absolute Gasteiger partial charge is 0.297 e. The molecule has 3 aromatic rings. The molecular formula is C20H24BCo2NO2-2. The fourth-order valence-electron chi connectivity index (χ4n) is 2.17. The average Bonchev–Trinajstić information content (AvgIpc) is 2.98. The van der Waals surface area contributed by atoms with Crippen LogP contribution in [0.1, 0.15) is 26.3 Å². The zero-order valence-corrected chi connectivity index (χ0v) is 17.5. The van der Waals surface area contributed by atoms with Gasteiger partial charge in [-0.2, -0.15) is 26.4 Å². The number of hydrogen-bond donors (Lipinski definition) is 1. The summed E-state index contributed by atoms with van der Waals surface area (Å²) in [6, 6.07) is 17.7. The summed E-state index contributed by atoms with van der Waals surface area (Å²) in [5.41, 5.74) is 2.65. The monoisotopic (exact) mass is 439 g/mol. The van der Waals surface area contributed by atoms with Crippen molar-refractivity contribution < 1.29 is 43.3 Å². The van der Waals surface area contributed by atoms with Crippen molar-refractivity contribution in [3.8, 4) is 5.75 Å². The maximum Gasteiger partial charge on any atom is 0.297 e. The SMILES string of the molecule is CB(O)c1cc2c(OCc3ccccc3)cccc2[n-]1.C[C-](C)C.[Co].[Co]. The van der Waals surface area contributed by atoms with Gasteiger partial charge >= 0.3 is 0 Å². The number of rotatable bonds is 4. The van der Waals surface area contributed by atoms with Crippen LogP contribution >= 0.6 is 0 Å². The van der Waals surface area contributed by atoms with Crippen LogP contribution in [-0.2, 0) is 40.2 Å². The van der Waals surface area contributed by atoms with E-state index in [1.54, 1.807) is 6.82 Å². The molecule has 6 heteroatoms. The molecule has 0 atom stereocenters. The predicted molar refractivity (Wildman–Crippen MR) is 102 cm³/mol. The maximum absolute atomic E-state index is 9.62. The van der Waals surface area contributed by atoms with Gasteiger partial charge in [-0.1, -0.05) is 55.4 Å². The minimum Gasteiger partial charge on any atom is -0.666 e. The van der Waals surface area contributed by atoms with E-state index < -0.39 is 6.92 Å². The predicted octanol–water partition coefficient (Wildman–Crippen LogP) is 3.81. The fraction of sp³-hybridized carbons (Fsp3) is 0.250. The van der Waals surface area contributed by atoms with Crippen molar-refractivity contribution in [2.24, 2.45) is 0 Å². The van der Waals surface area contributed by atoms with Crippen LogP contribution in [0.2, 0.25) is 6.82 Å². The van der Waals surface area contributed by atoms with Crippen molar-refractivity contribution in [2.45, 2.75) is 34.2 Å². The minimum atomic E-state index is -0.565. The van der Waals surface area contributed by atoms with E-state index in [2.05, 4.69) is 25.8 Å². The Balaban J connectivity index is 0.000000951. The number of aromatic nitrogens is 1. The van der Waals surface area contributed by atoms with E-state index >= 15 is 0 Å². The van der Waals surface area contributed by atoms with E-state index in [1.165, 1.54) is 5.92 Å². The number of nitrogens with zero attached hydrogens (tertiary/aromatic N) is 1. The van der Waals surface area contributed by atoms with Gasteiger partial charge in [0.15, 0.2) is 0 Å². The van der Waals surface area contributed by atoms with Crippen LogP contribution in [0.5, 0.6) is 5.75 Å². The van der Waals surface area contributed by atoms with Gasteiger partial charge in [-0.3, -0.25) is 0 Å². The standard InChI is InChI=1S/C16H15BNO2.C4H9.2Co/c1-17(19)16-10-13-14(18-16)8-5-9-15(13)20-11-12-6-3-2-4-7-12;1-4(2)3;;/h2-10,19H,11H2,1H3;1-3H3;;/q2*-1;;. The molecule has 3 nitrogen and oxygen atoms in total. The molecule has 1 heterocycles. The second kappa shape index (κ2) is 12.2. The van der Waals surface area contributed by atoms with Crippen LogP contribution in [-0.4, -0.2) is 11.9 Å².